The minimum atomic E-state index is -0.508. The van der Waals surface area contributed by atoms with Gasteiger partial charge in [-0.15, -0.1) is 0 Å². The predicted octanol–water partition coefficient (Wildman–Crippen LogP) is 3.23. The van der Waals surface area contributed by atoms with Crippen LogP contribution in [-0.2, 0) is 0 Å². The molecule has 2 aromatic rings. The average Bonchev–Trinajstić information content (AvgIpc) is 2.51. The average molecular weight is 338 g/mol. The first-order chi connectivity index (χ1) is 11.0. The third kappa shape index (κ3) is 4.65. The normalized spacial score (nSPS) is 10.2. The first-order valence-corrected chi connectivity index (χ1v) is 7.07. The number of nitro groups is 1. The van der Waals surface area contributed by atoms with Gasteiger partial charge in [0.05, 0.1) is 15.5 Å². The van der Waals surface area contributed by atoms with Gasteiger partial charge in [-0.2, -0.15) is 0 Å². The standard InChI is InChI=1S/C15H13ClFN3O3/c16-14-9-10(17)1-6-13(14)15(21)19-8-7-18-11-2-4-12(5-3-11)20(22)23/h1-6,9,18H,7-8H2,(H,19,21). The van der Waals surface area contributed by atoms with Gasteiger partial charge >= 0.3 is 0 Å². The molecule has 0 aliphatic rings. The Morgan fingerprint density at radius 3 is 2.48 bits per heavy atom. The fourth-order valence-corrected chi connectivity index (χ4v) is 2.11. The second-order valence-electron chi connectivity index (χ2n) is 4.61. The Bertz CT molecular complexity index is 722. The van der Waals surface area contributed by atoms with E-state index in [1.165, 1.54) is 18.2 Å². The molecule has 0 aromatic heterocycles. The van der Waals surface area contributed by atoms with E-state index in [2.05, 4.69) is 10.6 Å². The second kappa shape index (κ2) is 7.55. The molecule has 2 rings (SSSR count). The highest BCUT2D eigenvalue weighted by molar-refractivity contribution is 6.33. The molecule has 0 bridgehead atoms. The van der Waals surface area contributed by atoms with E-state index in [1.54, 1.807) is 12.1 Å². The van der Waals surface area contributed by atoms with Crippen LogP contribution >= 0.6 is 11.6 Å². The second-order valence-corrected chi connectivity index (χ2v) is 5.02. The molecule has 0 aliphatic carbocycles. The molecular weight excluding hydrogens is 325 g/mol. The zero-order valence-corrected chi connectivity index (χ0v) is 12.6. The summed E-state index contributed by atoms with van der Waals surface area (Å²) in [6, 6.07) is 9.49. The Morgan fingerprint density at radius 1 is 1.17 bits per heavy atom. The lowest BCUT2D eigenvalue weighted by Crippen LogP contribution is -2.29. The van der Waals surface area contributed by atoms with Gasteiger partial charge in [0.1, 0.15) is 5.82 Å². The molecule has 1 amide bonds. The lowest BCUT2D eigenvalue weighted by Gasteiger charge is -2.09. The van der Waals surface area contributed by atoms with Gasteiger partial charge in [0.15, 0.2) is 0 Å². The summed E-state index contributed by atoms with van der Waals surface area (Å²) in [4.78, 5) is 21.9. The smallest absolute Gasteiger partial charge is 0.269 e. The van der Waals surface area contributed by atoms with E-state index in [4.69, 9.17) is 11.6 Å². The number of carbonyl (C=O) groups excluding carboxylic acids is 1. The minimum absolute atomic E-state index is 0.00908. The highest BCUT2D eigenvalue weighted by atomic mass is 35.5. The van der Waals surface area contributed by atoms with Crippen molar-refractivity contribution in [1.29, 1.82) is 0 Å². The SMILES string of the molecule is O=C(NCCNc1ccc([N+](=O)[O-])cc1)c1ccc(F)cc1Cl. The number of nitrogens with zero attached hydrogens (tertiary/aromatic N) is 1. The Hall–Kier alpha value is -2.67. The van der Waals surface area contributed by atoms with Crippen LogP contribution in [0, 0.1) is 15.9 Å². The van der Waals surface area contributed by atoms with Crippen molar-refractivity contribution < 1.29 is 14.1 Å². The van der Waals surface area contributed by atoms with Gasteiger partial charge in [-0.25, -0.2) is 4.39 Å². The molecule has 0 saturated heterocycles. The molecular formula is C15H13ClFN3O3. The summed E-state index contributed by atoms with van der Waals surface area (Å²) < 4.78 is 12.9. The van der Waals surface area contributed by atoms with Gasteiger partial charge in [0.25, 0.3) is 11.6 Å². The summed E-state index contributed by atoms with van der Waals surface area (Å²) in [5, 5.41) is 16.2. The molecule has 2 aromatic carbocycles. The largest absolute Gasteiger partial charge is 0.383 e. The maximum Gasteiger partial charge on any atom is 0.269 e. The molecule has 23 heavy (non-hydrogen) atoms. The van der Waals surface area contributed by atoms with Crippen LogP contribution in [0.2, 0.25) is 5.02 Å². The molecule has 120 valence electrons. The number of anilines is 1. The summed E-state index contributed by atoms with van der Waals surface area (Å²) in [7, 11) is 0. The van der Waals surface area contributed by atoms with Gasteiger partial charge in [-0.1, -0.05) is 11.6 Å². The van der Waals surface area contributed by atoms with Crippen molar-refractivity contribution in [3.63, 3.8) is 0 Å². The van der Waals surface area contributed by atoms with Gasteiger partial charge < -0.3 is 10.6 Å². The summed E-state index contributed by atoms with van der Waals surface area (Å²) in [6.07, 6.45) is 0. The molecule has 8 heteroatoms. The number of nitrogens with one attached hydrogen (secondary N) is 2. The van der Waals surface area contributed by atoms with Crippen LogP contribution < -0.4 is 10.6 Å². The van der Waals surface area contributed by atoms with Crippen LogP contribution in [-0.4, -0.2) is 23.9 Å². The van der Waals surface area contributed by atoms with Gasteiger partial charge in [0.2, 0.25) is 0 Å². The van der Waals surface area contributed by atoms with Crippen molar-refractivity contribution >= 4 is 28.9 Å². The van der Waals surface area contributed by atoms with E-state index in [1.807, 2.05) is 0 Å². The zero-order chi connectivity index (χ0) is 16.8. The van der Waals surface area contributed by atoms with Crippen molar-refractivity contribution in [1.82, 2.24) is 5.32 Å². The summed E-state index contributed by atoms with van der Waals surface area (Å²) in [5.74, 6) is -0.910. The molecule has 0 aliphatic heterocycles. The van der Waals surface area contributed by atoms with E-state index in [0.29, 0.717) is 18.8 Å². The summed E-state index contributed by atoms with van der Waals surface area (Å²) >= 11 is 5.80. The first kappa shape index (κ1) is 16.7. The fraction of sp³-hybridized carbons (Fsp3) is 0.133. The van der Waals surface area contributed by atoms with E-state index < -0.39 is 16.6 Å². The molecule has 0 radical (unpaired) electrons. The predicted molar refractivity (Wildman–Crippen MR) is 85.3 cm³/mol. The van der Waals surface area contributed by atoms with Crippen LogP contribution in [0.4, 0.5) is 15.8 Å². The highest BCUT2D eigenvalue weighted by Crippen LogP contribution is 2.17. The summed E-state index contributed by atoms with van der Waals surface area (Å²) in [5.41, 5.74) is 0.905. The lowest BCUT2D eigenvalue weighted by molar-refractivity contribution is -0.384. The fourth-order valence-electron chi connectivity index (χ4n) is 1.85. The molecule has 2 N–H and O–H groups in total. The van der Waals surface area contributed by atoms with Crippen molar-refractivity contribution in [2.75, 3.05) is 18.4 Å². The van der Waals surface area contributed by atoms with Crippen molar-refractivity contribution in [3.05, 3.63) is 69.0 Å². The molecule has 0 spiro atoms. The van der Waals surface area contributed by atoms with Gasteiger partial charge in [0, 0.05) is 30.9 Å². The number of rotatable bonds is 6. The lowest BCUT2D eigenvalue weighted by atomic mass is 10.2. The molecule has 6 nitrogen and oxygen atoms in total. The molecule has 0 heterocycles. The Labute approximate surface area is 136 Å². The number of non-ortho nitro benzene ring substituents is 1. The Kier molecular flexibility index (Phi) is 5.48. The number of hydrogen-bond donors (Lipinski definition) is 2. The molecule has 0 saturated carbocycles. The quantitative estimate of drug-likeness (QED) is 0.481. The number of hydrogen-bond acceptors (Lipinski definition) is 4. The number of carbonyl (C=O) groups is 1. The van der Waals surface area contributed by atoms with Gasteiger partial charge in [-0.3, -0.25) is 14.9 Å². The van der Waals surface area contributed by atoms with Crippen LogP contribution in [0.5, 0.6) is 0 Å². The van der Waals surface area contributed by atoms with Crippen molar-refractivity contribution in [2.24, 2.45) is 0 Å². The highest BCUT2D eigenvalue weighted by Gasteiger charge is 2.10. The maximum atomic E-state index is 12.9. The molecule has 0 unspecified atom stereocenters. The summed E-state index contributed by atoms with van der Waals surface area (Å²) in [6.45, 7) is 0.728. The number of nitro benzene ring substituents is 1. The van der Waals surface area contributed by atoms with Crippen LogP contribution in [0.25, 0.3) is 0 Å². The van der Waals surface area contributed by atoms with E-state index in [9.17, 15) is 19.3 Å². The Morgan fingerprint density at radius 2 is 1.87 bits per heavy atom. The molecule has 0 fully saturated rings. The minimum Gasteiger partial charge on any atom is -0.383 e. The van der Waals surface area contributed by atoms with Crippen LogP contribution in [0.1, 0.15) is 10.4 Å². The topological polar surface area (TPSA) is 84.3 Å². The number of amides is 1. The Balaban J connectivity index is 1.80. The van der Waals surface area contributed by atoms with Crippen molar-refractivity contribution in [3.8, 4) is 0 Å². The van der Waals surface area contributed by atoms with Crippen LogP contribution in [0.15, 0.2) is 42.5 Å². The monoisotopic (exact) mass is 337 g/mol. The maximum absolute atomic E-state index is 12.9. The zero-order valence-electron chi connectivity index (χ0n) is 11.9. The van der Waals surface area contributed by atoms with E-state index in [0.717, 1.165) is 12.1 Å². The van der Waals surface area contributed by atoms with Crippen LogP contribution in [0.3, 0.4) is 0 Å². The first-order valence-electron chi connectivity index (χ1n) is 6.69. The van der Waals surface area contributed by atoms with E-state index in [-0.39, 0.29) is 16.3 Å². The van der Waals surface area contributed by atoms with E-state index >= 15 is 0 Å². The molecule has 0 atom stereocenters. The third-order valence-electron chi connectivity index (χ3n) is 2.99. The van der Waals surface area contributed by atoms with Crippen molar-refractivity contribution in [2.45, 2.75) is 0 Å². The number of benzene rings is 2. The third-order valence-corrected chi connectivity index (χ3v) is 3.31. The number of halogens is 2. The van der Waals surface area contributed by atoms with Gasteiger partial charge in [-0.05, 0) is 30.3 Å².